The van der Waals surface area contributed by atoms with Gasteiger partial charge in [0.1, 0.15) is 5.15 Å². The second-order valence-electron chi connectivity index (χ2n) is 3.70. The van der Waals surface area contributed by atoms with E-state index in [-0.39, 0.29) is 0 Å². The number of aryl methyl sites for hydroxylation is 2. The highest BCUT2D eigenvalue weighted by Gasteiger charge is 2.05. The van der Waals surface area contributed by atoms with Crippen LogP contribution in [0.15, 0.2) is 18.2 Å². The molecule has 0 fully saturated rings. The summed E-state index contributed by atoms with van der Waals surface area (Å²) in [5, 5.41) is 1.60. The number of hydrogen-bond acceptors (Lipinski definition) is 1. The topological polar surface area (TPSA) is 12.9 Å². The van der Waals surface area contributed by atoms with Gasteiger partial charge in [0.2, 0.25) is 0 Å². The molecule has 0 unspecified atom stereocenters. The van der Waals surface area contributed by atoms with Crippen molar-refractivity contribution in [3.05, 3.63) is 40.0 Å². The van der Waals surface area contributed by atoms with Crippen molar-refractivity contribution in [3.8, 4) is 0 Å². The minimum absolute atomic E-state index is 0.398. The number of nitrogens with zero attached hydrogens (tertiary/aromatic N) is 1. The van der Waals surface area contributed by atoms with Crippen LogP contribution < -0.4 is 0 Å². The van der Waals surface area contributed by atoms with Gasteiger partial charge in [-0.05, 0) is 43.2 Å². The lowest BCUT2D eigenvalue weighted by atomic mass is 10.1. The maximum Gasteiger partial charge on any atom is 0.134 e. The fraction of sp³-hybridized carbons (Fsp3) is 0.250. The van der Waals surface area contributed by atoms with Crippen molar-refractivity contribution in [2.45, 2.75) is 19.7 Å². The Morgan fingerprint density at radius 2 is 1.80 bits per heavy atom. The monoisotopic (exact) mass is 239 g/mol. The molecular formula is C12H11Cl2N. The zero-order valence-corrected chi connectivity index (χ0v) is 10.2. The molecule has 0 N–H and O–H groups in total. The minimum atomic E-state index is 0.398. The van der Waals surface area contributed by atoms with Crippen LogP contribution in [-0.2, 0) is 5.88 Å². The quantitative estimate of drug-likeness (QED) is 0.536. The molecule has 1 heterocycles. The van der Waals surface area contributed by atoms with E-state index in [0.29, 0.717) is 11.0 Å². The largest absolute Gasteiger partial charge is 0.236 e. The average Bonchev–Trinajstić information content (AvgIpc) is 2.20. The second kappa shape index (κ2) is 3.99. The Morgan fingerprint density at radius 1 is 1.13 bits per heavy atom. The Morgan fingerprint density at radius 3 is 2.47 bits per heavy atom. The first-order valence-electron chi connectivity index (χ1n) is 4.74. The number of fused-ring (bicyclic) bond motifs is 1. The predicted molar refractivity (Wildman–Crippen MR) is 65.8 cm³/mol. The molecule has 1 aromatic heterocycles. The van der Waals surface area contributed by atoms with E-state index < -0.39 is 0 Å². The fourth-order valence-corrected chi connectivity index (χ4v) is 2.04. The first-order chi connectivity index (χ1) is 7.11. The number of pyridine rings is 1. The molecule has 0 saturated heterocycles. The lowest BCUT2D eigenvalue weighted by Gasteiger charge is -2.06. The molecule has 0 bridgehead atoms. The molecule has 1 nitrogen and oxygen atoms in total. The van der Waals surface area contributed by atoms with Crippen LogP contribution in [0.25, 0.3) is 10.9 Å². The van der Waals surface area contributed by atoms with Gasteiger partial charge < -0.3 is 0 Å². The predicted octanol–water partition coefficient (Wildman–Crippen LogP) is 4.24. The molecule has 0 aliphatic carbocycles. The van der Waals surface area contributed by atoms with E-state index in [1.807, 2.05) is 6.07 Å². The molecule has 78 valence electrons. The molecule has 0 aliphatic rings. The fourth-order valence-electron chi connectivity index (χ4n) is 1.55. The van der Waals surface area contributed by atoms with Crippen LogP contribution in [-0.4, -0.2) is 4.98 Å². The summed E-state index contributed by atoms with van der Waals surface area (Å²) in [5.74, 6) is 0.398. The summed E-state index contributed by atoms with van der Waals surface area (Å²) in [6.07, 6.45) is 0. The molecule has 3 heteroatoms. The zero-order chi connectivity index (χ0) is 11.0. The summed E-state index contributed by atoms with van der Waals surface area (Å²) in [7, 11) is 0. The molecular weight excluding hydrogens is 229 g/mol. The molecule has 1 aromatic carbocycles. The molecule has 2 aromatic rings. The van der Waals surface area contributed by atoms with Crippen LogP contribution in [0.4, 0.5) is 0 Å². The highest BCUT2D eigenvalue weighted by molar-refractivity contribution is 6.31. The van der Waals surface area contributed by atoms with E-state index in [2.05, 4.69) is 31.0 Å². The molecule has 0 radical (unpaired) electrons. The molecule has 0 atom stereocenters. The number of aromatic nitrogens is 1. The van der Waals surface area contributed by atoms with Crippen molar-refractivity contribution in [3.63, 3.8) is 0 Å². The third-order valence-electron chi connectivity index (χ3n) is 2.60. The van der Waals surface area contributed by atoms with Gasteiger partial charge >= 0.3 is 0 Å². The van der Waals surface area contributed by atoms with E-state index in [4.69, 9.17) is 23.2 Å². The second-order valence-corrected chi connectivity index (χ2v) is 4.33. The van der Waals surface area contributed by atoms with E-state index in [1.54, 1.807) is 0 Å². The summed E-state index contributed by atoms with van der Waals surface area (Å²) in [6, 6.07) is 6.17. The van der Waals surface area contributed by atoms with Crippen molar-refractivity contribution >= 4 is 34.1 Å². The van der Waals surface area contributed by atoms with Gasteiger partial charge in [0.25, 0.3) is 0 Å². The normalized spacial score (nSPS) is 10.9. The van der Waals surface area contributed by atoms with Crippen LogP contribution in [0.5, 0.6) is 0 Å². The zero-order valence-electron chi connectivity index (χ0n) is 8.64. The van der Waals surface area contributed by atoms with Gasteiger partial charge in [-0.25, -0.2) is 4.98 Å². The number of rotatable bonds is 1. The Balaban J connectivity index is 2.76. The van der Waals surface area contributed by atoms with Crippen LogP contribution in [0, 0.1) is 13.8 Å². The summed E-state index contributed by atoms with van der Waals surface area (Å²) in [6.45, 7) is 4.16. The third-order valence-corrected chi connectivity index (χ3v) is 3.22. The number of hydrogen-bond donors (Lipinski definition) is 0. The molecule has 15 heavy (non-hydrogen) atoms. The summed E-state index contributed by atoms with van der Waals surface area (Å²) < 4.78 is 0. The standard InChI is InChI=1S/C12H11Cl2N/c1-7-3-9-5-10(6-13)12(14)15-11(9)4-8(7)2/h3-5H,6H2,1-2H3. The van der Waals surface area contributed by atoms with Crippen molar-refractivity contribution in [2.75, 3.05) is 0 Å². The van der Waals surface area contributed by atoms with Crippen molar-refractivity contribution in [2.24, 2.45) is 0 Å². The van der Waals surface area contributed by atoms with Gasteiger partial charge in [-0.3, -0.25) is 0 Å². The molecule has 0 amide bonds. The van der Waals surface area contributed by atoms with Crippen LogP contribution in [0.2, 0.25) is 5.15 Å². The minimum Gasteiger partial charge on any atom is -0.236 e. The number of benzene rings is 1. The Hall–Kier alpha value is -0.790. The van der Waals surface area contributed by atoms with Gasteiger partial charge in [0.15, 0.2) is 0 Å². The molecule has 0 aliphatic heterocycles. The van der Waals surface area contributed by atoms with E-state index >= 15 is 0 Å². The van der Waals surface area contributed by atoms with Crippen LogP contribution in [0.1, 0.15) is 16.7 Å². The highest BCUT2D eigenvalue weighted by Crippen LogP contribution is 2.24. The van der Waals surface area contributed by atoms with Gasteiger partial charge in [-0.1, -0.05) is 11.6 Å². The van der Waals surface area contributed by atoms with Crippen LogP contribution in [0.3, 0.4) is 0 Å². The third kappa shape index (κ3) is 1.95. The van der Waals surface area contributed by atoms with Crippen molar-refractivity contribution in [1.82, 2.24) is 4.98 Å². The Kier molecular flexibility index (Phi) is 2.85. The van der Waals surface area contributed by atoms with Gasteiger partial charge in [-0.15, -0.1) is 11.6 Å². The van der Waals surface area contributed by atoms with Crippen molar-refractivity contribution in [1.29, 1.82) is 0 Å². The van der Waals surface area contributed by atoms with Crippen LogP contribution >= 0.6 is 23.2 Å². The first-order valence-corrected chi connectivity index (χ1v) is 5.65. The Labute approximate surface area is 99.0 Å². The summed E-state index contributed by atoms with van der Waals surface area (Å²) in [5.41, 5.74) is 4.29. The smallest absolute Gasteiger partial charge is 0.134 e. The molecule has 2 rings (SSSR count). The number of alkyl halides is 1. The van der Waals surface area contributed by atoms with Crippen molar-refractivity contribution < 1.29 is 0 Å². The van der Waals surface area contributed by atoms with Gasteiger partial charge in [0, 0.05) is 10.9 Å². The molecule has 0 saturated carbocycles. The number of halogens is 2. The van der Waals surface area contributed by atoms with E-state index in [9.17, 15) is 0 Å². The maximum absolute atomic E-state index is 6.00. The lowest BCUT2D eigenvalue weighted by molar-refractivity contribution is 1.28. The average molecular weight is 240 g/mol. The summed E-state index contributed by atoms with van der Waals surface area (Å²) >= 11 is 11.8. The van der Waals surface area contributed by atoms with E-state index in [1.165, 1.54) is 11.1 Å². The first kappa shape index (κ1) is 10.7. The SMILES string of the molecule is Cc1cc2cc(CCl)c(Cl)nc2cc1C. The van der Waals surface area contributed by atoms with Gasteiger partial charge in [-0.2, -0.15) is 0 Å². The maximum atomic E-state index is 6.00. The van der Waals surface area contributed by atoms with E-state index in [0.717, 1.165) is 16.5 Å². The van der Waals surface area contributed by atoms with Gasteiger partial charge in [0.05, 0.1) is 11.4 Å². The highest BCUT2D eigenvalue weighted by atomic mass is 35.5. The summed E-state index contributed by atoms with van der Waals surface area (Å²) in [4.78, 5) is 4.33. The lowest BCUT2D eigenvalue weighted by Crippen LogP contribution is -1.89. The Bertz CT molecular complexity index is 521. The molecule has 0 spiro atoms.